The number of halogens is 1. The number of nitrogens with zero attached hydrogens (tertiary/aromatic N) is 4. The van der Waals surface area contributed by atoms with E-state index in [1.165, 1.54) is 11.3 Å². The quantitative estimate of drug-likeness (QED) is 0.828. The summed E-state index contributed by atoms with van der Waals surface area (Å²) in [6.45, 7) is 3.97. The van der Waals surface area contributed by atoms with Crippen LogP contribution in [0.3, 0.4) is 0 Å². The number of aryl methyl sites for hydroxylation is 1. The molecule has 0 radical (unpaired) electrons. The largest absolute Gasteiger partial charge is 0.467 e. The molecule has 1 saturated heterocycles. The molecule has 1 aliphatic rings. The molecule has 0 unspecified atom stereocenters. The van der Waals surface area contributed by atoms with E-state index < -0.39 is 0 Å². The molecule has 3 heterocycles. The SMILES string of the molecule is CCc1cnc(N2CCC(Oc3nc(Br)cs3)CC2)cn1. The molecule has 0 aromatic carbocycles. The van der Waals surface area contributed by atoms with E-state index in [0.29, 0.717) is 0 Å². The molecule has 2 aromatic rings. The Morgan fingerprint density at radius 3 is 2.71 bits per heavy atom. The van der Waals surface area contributed by atoms with Crippen LogP contribution in [-0.4, -0.2) is 34.1 Å². The van der Waals surface area contributed by atoms with E-state index in [-0.39, 0.29) is 6.10 Å². The zero-order valence-electron chi connectivity index (χ0n) is 11.8. The van der Waals surface area contributed by atoms with Crippen LogP contribution in [0.15, 0.2) is 22.4 Å². The summed E-state index contributed by atoms with van der Waals surface area (Å²) in [5.74, 6) is 0.961. The second-order valence-corrected chi connectivity index (χ2v) is 6.59. The van der Waals surface area contributed by atoms with Crippen LogP contribution in [0.4, 0.5) is 5.82 Å². The molecular formula is C14H17BrN4OS. The number of ether oxygens (including phenoxy) is 1. The van der Waals surface area contributed by atoms with Crippen molar-refractivity contribution in [2.75, 3.05) is 18.0 Å². The molecule has 112 valence electrons. The third-order valence-electron chi connectivity index (χ3n) is 3.54. The fourth-order valence-electron chi connectivity index (χ4n) is 2.33. The first-order valence-electron chi connectivity index (χ1n) is 7.08. The molecule has 5 nitrogen and oxygen atoms in total. The van der Waals surface area contributed by atoms with Crippen molar-refractivity contribution in [3.8, 4) is 5.19 Å². The number of anilines is 1. The van der Waals surface area contributed by atoms with Gasteiger partial charge in [-0.15, -0.1) is 0 Å². The number of aromatic nitrogens is 3. The summed E-state index contributed by atoms with van der Waals surface area (Å²) in [5.41, 5.74) is 1.03. The van der Waals surface area contributed by atoms with E-state index >= 15 is 0 Å². The lowest BCUT2D eigenvalue weighted by Gasteiger charge is -2.32. The fraction of sp³-hybridized carbons (Fsp3) is 0.500. The smallest absolute Gasteiger partial charge is 0.274 e. The predicted molar refractivity (Wildman–Crippen MR) is 87.1 cm³/mol. The number of rotatable bonds is 4. The van der Waals surface area contributed by atoms with E-state index in [1.54, 1.807) is 0 Å². The molecule has 0 spiro atoms. The highest BCUT2D eigenvalue weighted by atomic mass is 79.9. The van der Waals surface area contributed by atoms with Crippen LogP contribution in [0, 0.1) is 0 Å². The first-order chi connectivity index (χ1) is 10.2. The van der Waals surface area contributed by atoms with Crippen molar-refractivity contribution in [3.63, 3.8) is 0 Å². The minimum atomic E-state index is 0.238. The Balaban J connectivity index is 1.54. The molecule has 21 heavy (non-hydrogen) atoms. The Bertz CT molecular complexity index is 581. The Kier molecular flexibility index (Phi) is 4.70. The average Bonchev–Trinajstić information content (AvgIpc) is 2.93. The van der Waals surface area contributed by atoms with Gasteiger partial charge in [0.2, 0.25) is 0 Å². The van der Waals surface area contributed by atoms with Crippen LogP contribution in [0.5, 0.6) is 5.19 Å². The zero-order valence-corrected chi connectivity index (χ0v) is 14.2. The van der Waals surface area contributed by atoms with Gasteiger partial charge in [-0.1, -0.05) is 18.3 Å². The molecule has 0 atom stereocenters. The van der Waals surface area contributed by atoms with Gasteiger partial charge in [0.05, 0.1) is 18.1 Å². The van der Waals surface area contributed by atoms with Gasteiger partial charge in [-0.2, -0.15) is 4.98 Å². The summed E-state index contributed by atoms with van der Waals surface area (Å²) in [7, 11) is 0. The normalized spacial score (nSPS) is 16.2. The van der Waals surface area contributed by atoms with Gasteiger partial charge in [-0.25, -0.2) is 4.98 Å². The topological polar surface area (TPSA) is 51.1 Å². The van der Waals surface area contributed by atoms with Crippen molar-refractivity contribution in [3.05, 3.63) is 28.1 Å². The summed E-state index contributed by atoms with van der Waals surface area (Å²) in [5, 5.41) is 2.68. The van der Waals surface area contributed by atoms with Crippen molar-refractivity contribution in [2.24, 2.45) is 0 Å². The molecule has 0 aliphatic carbocycles. The monoisotopic (exact) mass is 368 g/mol. The highest BCUT2D eigenvalue weighted by molar-refractivity contribution is 9.10. The van der Waals surface area contributed by atoms with Crippen LogP contribution in [0.25, 0.3) is 0 Å². The van der Waals surface area contributed by atoms with Crippen molar-refractivity contribution in [1.29, 1.82) is 0 Å². The molecule has 1 aliphatic heterocycles. The minimum Gasteiger partial charge on any atom is -0.467 e. The summed E-state index contributed by atoms with van der Waals surface area (Å²) in [4.78, 5) is 15.5. The Hall–Kier alpha value is -1.21. The highest BCUT2D eigenvalue weighted by Gasteiger charge is 2.22. The standard InChI is InChI=1S/C14H17BrN4OS/c1-2-10-7-17-13(8-16-10)19-5-3-11(4-6-19)20-14-18-12(15)9-21-14/h7-9,11H,2-6H2,1H3. The zero-order chi connectivity index (χ0) is 14.7. The van der Waals surface area contributed by atoms with E-state index in [1.807, 2.05) is 17.8 Å². The van der Waals surface area contributed by atoms with Gasteiger partial charge in [0.25, 0.3) is 5.19 Å². The highest BCUT2D eigenvalue weighted by Crippen LogP contribution is 2.26. The lowest BCUT2D eigenvalue weighted by molar-refractivity contribution is 0.170. The van der Waals surface area contributed by atoms with E-state index in [0.717, 1.165) is 53.7 Å². The molecule has 7 heteroatoms. The summed E-state index contributed by atoms with van der Waals surface area (Å²) in [6, 6.07) is 0. The van der Waals surface area contributed by atoms with Crippen LogP contribution < -0.4 is 9.64 Å². The van der Waals surface area contributed by atoms with E-state index in [2.05, 4.69) is 42.7 Å². The van der Waals surface area contributed by atoms with Crippen molar-refractivity contribution < 1.29 is 4.74 Å². The molecule has 0 bridgehead atoms. The predicted octanol–water partition coefficient (Wildman–Crippen LogP) is 3.31. The van der Waals surface area contributed by atoms with Crippen LogP contribution in [0.2, 0.25) is 0 Å². The summed E-state index contributed by atoms with van der Waals surface area (Å²) in [6.07, 6.45) is 6.86. The summed E-state index contributed by atoms with van der Waals surface area (Å²) >= 11 is 4.87. The molecule has 0 N–H and O–H groups in total. The van der Waals surface area contributed by atoms with E-state index in [9.17, 15) is 0 Å². The number of thiazole rings is 1. The third kappa shape index (κ3) is 3.71. The summed E-state index contributed by atoms with van der Waals surface area (Å²) < 4.78 is 6.75. The number of piperidine rings is 1. The molecule has 3 rings (SSSR count). The Labute approximate surface area is 136 Å². The maximum Gasteiger partial charge on any atom is 0.274 e. The van der Waals surface area contributed by atoms with Gasteiger partial charge in [-0.05, 0) is 22.4 Å². The molecule has 2 aromatic heterocycles. The Morgan fingerprint density at radius 1 is 1.33 bits per heavy atom. The van der Waals surface area contributed by atoms with Crippen molar-refractivity contribution >= 4 is 33.1 Å². The molecule has 0 saturated carbocycles. The van der Waals surface area contributed by atoms with Gasteiger partial charge in [0, 0.05) is 31.3 Å². The number of hydrogen-bond donors (Lipinski definition) is 0. The van der Waals surface area contributed by atoms with Crippen molar-refractivity contribution in [1.82, 2.24) is 15.0 Å². The second kappa shape index (κ2) is 6.70. The van der Waals surface area contributed by atoms with Gasteiger partial charge < -0.3 is 9.64 Å². The molecule has 1 fully saturated rings. The number of hydrogen-bond acceptors (Lipinski definition) is 6. The lowest BCUT2D eigenvalue weighted by Crippen LogP contribution is -2.38. The molecular weight excluding hydrogens is 352 g/mol. The first kappa shape index (κ1) is 14.7. The third-order valence-corrected chi connectivity index (χ3v) is 4.98. The second-order valence-electron chi connectivity index (χ2n) is 4.96. The lowest BCUT2D eigenvalue weighted by atomic mass is 10.1. The van der Waals surface area contributed by atoms with Gasteiger partial charge in [0.1, 0.15) is 16.5 Å². The maximum absolute atomic E-state index is 5.91. The van der Waals surface area contributed by atoms with Crippen LogP contribution in [0.1, 0.15) is 25.5 Å². The maximum atomic E-state index is 5.91. The minimum absolute atomic E-state index is 0.238. The Morgan fingerprint density at radius 2 is 2.14 bits per heavy atom. The van der Waals surface area contributed by atoms with E-state index in [4.69, 9.17) is 4.74 Å². The fourth-order valence-corrected chi connectivity index (χ4v) is 3.48. The van der Waals surface area contributed by atoms with Gasteiger partial charge >= 0.3 is 0 Å². The average molecular weight is 369 g/mol. The van der Waals surface area contributed by atoms with Crippen LogP contribution in [-0.2, 0) is 6.42 Å². The molecule has 0 amide bonds. The first-order valence-corrected chi connectivity index (χ1v) is 8.75. The van der Waals surface area contributed by atoms with Crippen molar-refractivity contribution in [2.45, 2.75) is 32.3 Å². The van der Waals surface area contributed by atoms with Gasteiger partial charge in [-0.3, -0.25) is 4.98 Å². The van der Waals surface area contributed by atoms with Crippen LogP contribution >= 0.6 is 27.3 Å². The van der Waals surface area contributed by atoms with Gasteiger partial charge in [0.15, 0.2) is 0 Å².